The van der Waals surface area contributed by atoms with Crippen LogP contribution in [0, 0.1) is 5.92 Å². The SMILES string of the molecule is CCC1CCC(=NNC(=O)[C@H](C)Oc2ccc(Cl)cc2Cl)CC1. The summed E-state index contributed by atoms with van der Waals surface area (Å²) in [6.07, 6.45) is 4.74. The standard InChI is InChI=1S/C17H22Cl2N2O2/c1-3-12-4-7-14(8-5-12)20-21-17(22)11(2)23-16-9-6-13(18)10-15(16)19/h6,9-12H,3-5,7-8H2,1-2H3,(H,21,22)/t11-,12?/m0/s1. The van der Waals surface area contributed by atoms with Gasteiger partial charge in [-0.2, -0.15) is 5.10 Å². The molecule has 1 amide bonds. The highest BCUT2D eigenvalue weighted by molar-refractivity contribution is 6.35. The Bertz CT molecular complexity index is 580. The van der Waals surface area contributed by atoms with Gasteiger partial charge in [0.2, 0.25) is 0 Å². The van der Waals surface area contributed by atoms with E-state index in [2.05, 4.69) is 17.5 Å². The van der Waals surface area contributed by atoms with Crippen LogP contribution in [0.2, 0.25) is 10.0 Å². The van der Waals surface area contributed by atoms with Crippen molar-refractivity contribution in [1.29, 1.82) is 0 Å². The molecule has 0 bridgehead atoms. The van der Waals surface area contributed by atoms with E-state index in [0.717, 1.165) is 37.3 Å². The number of carbonyl (C=O) groups excluding carboxylic acids is 1. The van der Waals surface area contributed by atoms with Crippen LogP contribution in [0.25, 0.3) is 0 Å². The number of benzene rings is 1. The quantitative estimate of drug-likeness (QED) is 0.767. The predicted molar refractivity (Wildman–Crippen MR) is 94.4 cm³/mol. The number of carbonyl (C=O) groups is 1. The molecule has 1 fully saturated rings. The summed E-state index contributed by atoms with van der Waals surface area (Å²) in [6, 6.07) is 4.89. The molecule has 0 heterocycles. The Hall–Kier alpha value is -1.26. The predicted octanol–water partition coefficient (Wildman–Crippen LogP) is 4.83. The van der Waals surface area contributed by atoms with Crippen molar-refractivity contribution in [2.45, 2.75) is 52.1 Å². The van der Waals surface area contributed by atoms with Gasteiger partial charge < -0.3 is 4.74 Å². The van der Waals surface area contributed by atoms with Gasteiger partial charge in [-0.25, -0.2) is 5.43 Å². The number of hydrazone groups is 1. The van der Waals surface area contributed by atoms with Gasteiger partial charge in [-0.1, -0.05) is 36.5 Å². The summed E-state index contributed by atoms with van der Waals surface area (Å²) in [7, 11) is 0. The number of hydrogen-bond acceptors (Lipinski definition) is 3. The van der Waals surface area contributed by atoms with Crippen LogP contribution in [-0.2, 0) is 4.79 Å². The van der Waals surface area contributed by atoms with Gasteiger partial charge in [-0.15, -0.1) is 0 Å². The number of halogens is 2. The highest BCUT2D eigenvalue weighted by atomic mass is 35.5. The molecule has 1 N–H and O–H groups in total. The van der Waals surface area contributed by atoms with Crippen molar-refractivity contribution >= 4 is 34.8 Å². The van der Waals surface area contributed by atoms with E-state index in [1.54, 1.807) is 25.1 Å². The molecular formula is C17H22Cl2N2O2. The molecule has 1 aromatic carbocycles. The molecule has 23 heavy (non-hydrogen) atoms. The minimum Gasteiger partial charge on any atom is -0.479 e. The van der Waals surface area contributed by atoms with E-state index >= 15 is 0 Å². The molecular weight excluding hydrogens is 335 g/mol. The van der Waals surface area contributed by atoms with Crippen LogP contribution in [0.3, 0.4) is 0 Å². The molecule has 0 aromatic heterocycles. The zero-order valence-electron chi connectivity index (χ0n) is 13.4. The Balaban J connectivity index is 1.85. The van der Waals surface area contributed by atoms with Gasteiger partial charge >= 0.3 is 0 Å². The molecule has 1 aromatic rings. The van der Waals surface area contributed by atoms with E-state index in [0.29, 0.717) is 15.8 Å². The van der Waals surface area contributed by atoms with Gasteiger partial charge in [0.1, 0.15) is 5.75 Å². The fourth-order valence-electron chi connectivity index (χ4n) is 2.57. The van der Waals surface area contributed by atoms with Crippen LogP contribution in [0.5, 0.6) is 5.75 Å². The molecule has 0 spiro atoms. The Morgan fingerprint density at radius 3 is 2.70 bits per heavy atom. The fraction of sp³-hybridized carbons (Fsp3) is 0.529. The zero-order valence-corrected chi connectivity index (χ0v) is 15.0. The molecule has 0 aliphatic heterocycles. The van der Waals surface area contributed by atoms with Gasteiger partial charge in [0.15, 0.2) is 6.10 Å². The van der Waals surface area contributed by atoms with Crippen molar-refractivity contribution in [2.75, 3.05) is 0 Å². The minimum atomic E-state index is -0.690. The summed E-state index contributed by atoms with van der Waals surface area (Å²) in [5.41, 5.74) is 3.65. The number of nitrogens with zero attached hydrogens (tertiary/aromatic N) is 1. The lowest BCUT2D eigenvalue weighted by atomic mass is 9.86. The molecule has 126 valence electrons. The number of rotatable bonds is 5. The second-order valence-corrected chi connectivity index (χ2v) is 6.68. The maximum atomic E-state index is 12.1. The second kappa shape index (κ2) is 8.55. The number of amides is 1. The van der Waals surface area contributed by atoms with E-state index < -0.39 is 6.10 Å². The summed E-state index contributed by atoms with van der Waals surface area (Å²) < 4.78 is 5.56. The topological polar surface area (TPSA) is 50.7 Å². The monoisotopic (exact) mass is 356 g/mol. The van der Waals surface area contributed by atoms with Gasteiger partial charge in [0.25, 0.3) is 5.91 Å². The van der Waals surface area contributed by atoms with Crippen molar-refractivity contribution in [1.82, 2.24) is 5.43 Å². The highest BCUT2D eigenvalue weighted by Crippen LogP contribution is 2.28. The largest absolute Gasteiger partial charge is 0.479 e. The van der Waals surface area contributed by atoms with Crippen LogP contribution in [-0.4, -0.2) is 17.7 Å². The van der Waals surface area contributed by atoms with Crippen molar-refractivity contribution in [3.05, 3.63) is 28.2 Å². The van der Waals surface area contributed by atoms with E-state index in [4.69, 9.17) is 27.9 Å². The second-order valence-electron chi connectivity index (χ2n) is 5.84. The molecule has 0 saturated heterocycles. The van der Waals surface area contributed by atoms with Crippen LogP contribution in [0.1, 0.15) is 46.0 Å². The van der Waals surface area contributed by atoms with Crippen LogP contribution in [0.4, 0.5) is 0 Å². The molecule has 6 heteroatoms. The molecule has 0 radical (unpaired) electrons. The van der Waals surface area contributed by atoms with Gasteiger partial charge in [0, 0.05) is 10.7 Å². The molecule has 2 rings (SSSR count). The summed E-state index contributed by atoms with van der Waals surface area (Å²) in [5, 5.41) is 5.13. The first-order chi connectivity index (χ1) is 11.0. The van der Waals surface area contributed by atoms with Gasteiger partial charge in [0.05, 0.1) is 5.02 Å². The molecule has 4 nitrogen and oxygen atoms in total. The summed E-state index contributed by atoms with van der Waals surface area (Å²) in [6.45, 7) is 3.88. The number of hydrogen-bond donors (Lipinski definition) is 1. The molecule has 0 unspecified atom stereocenters. The van der Waals surface area contributed by atoms with Crippen molar-refractivity contribution in [3.63, 3.8) is 0 Å². The number of nitrogens with one attached hydrogen (secondary N) is 1. The van der Waals surface area contributed by atoms with Crippen LogP contribution >= 0.6 is 23.2 Å². The normalized spacial score (nSPS) is 19.1. The maximum Gasteiger partial charge on any atom is 0.280 e. The molecule has 1 aliphatic carbocycles. The average molecular weight is 357 g/mol. The molecule has 1 atom stereocenters. The first-order valence-electron chi connectivity index (χ1n) is 7.96. The first-order valence-corrected chi connectivity index (χ1v) is 8.72. The lowest BCUT2D eigenvalue weighted by Crippen LogP contribution is -2.34. The zero-order chi connectivity index (χ0) is 16.8. The van der Waals surface area contributed by atoms with Gasteiger partial charge in [-0.05, 0) is 56.7 Å². The van der Waals surface area contributed by atoms with E-state index in [-0.39, 0.29) is 5.91 Å². The van der Waals surface area contributed by atoms with Crippen molar-refractivity contribution in [2.24, 2.45) is 11.0 Å². The smallest absolute Gasteiger partial charge is 0.280 e. The Morgan fingerprint density at radius 2 is 2.09 bits per heavy atom. The van der Waals surface area contributed by atoms with E-state index in [1.165, 1.54) is 6.42 Å². The van der Waals surface area contributed by atoms with E-state index in [9.17, 15) is 4.79 Å². The number of ether oxygens (including phenoxy) is 1. The fourth-order valence-corrected chi connectivity index (χ4v) is 3.02. The van der Waals surface area contributed by atoms with Crippen molar-refractivity contribution < 1.29 is 9.53 Å². The molecule has 1 saturated carbocycles. The van der Waals surface area contributed by atoms with Crippen LogP contribution < -0.4 is 10.2 Å². The average Bonchev–Trinajstić information content (AvgIpc) is 2.55. The Morgan fingerprint density at radius 1 is 1.39 bits per heavy atom. The summed E-state index contributed by atoms with van der Waals surface area (Å²) in [5.74, 6) is 0.926. The Labute approximate surface area is 147 Å². The van der Waals surface area contributed by atoms with E-state index in [1.807, 2.05) is 0 Å². The van der Waals surface area contributed by atoms with Crippen molar-refractivity contribution in [3.8, 4) is 5.75 Å². The summed E-state index contributed by atoms with van der Waals surface area (Å²) in [4.78, 5) is 12.1. The third-order valence-electron chi connectivity index (χ3n) is 4.15. The lowest BCUT2D eigenvalue weighted by Gasteiger charge is -2.21. The first kappa shape index (κ1) is 18.1. The van der Waals surface area contributed by atoms with Gasteiger partial charge in [-0.3, -0.25) is 4.79 Å². The highest BCUT2D eigenvalue weighted by Gasteiger charge is 2.18. The third-order valence-corrected chi connectivity index (χ3v) is 4.68. The minimum absolute atomic E-state index is 0.291. The maximum absolute atomic E-state index is 12.1. The molecule has 1 aliphatic rings. The van der Waals surface area contributed by atoms with Crippen LogP contribution in [0.15, 0.2) is 23.3 Å². The summed E-state index contributed by atoms with van der Waals surface area (Å²) >= 11 is 11.9. The third kappa shape index (κ3) is 5.40. The lowest BCUT2D eigenvalue weighted by molar-refractivity contribution is -0.127. The Kier molecular flexibility index (Phi) is 6.72.